The van der Waals surface area contributed by atoms with Crippen LogP contribution in [-0.4, -0.2) is 65.8 Å². The second kappa shape index (κ2) is 13.4. The summed E-state index contributed by atoms with van der Waals surface area (Å²) in [7, 11) is 1.48. The molecule has 2 N–H and O–H groups in total. The molecule has 0 aliphatic carbocycles. The van der Waals surface area contributed by atoms with Gasteiger partial charge in [0.1, 0.15) is 12.1 Å². The first-order chi connectivity index (χ1) is 15.8. The number of ether oxygens (including phenoxy) is 2. The summed E-state index contributed by atoms with van der Waals surface area (Å²) in [4.78, 5) is 48.9. The molecule has 0 heterocycles. The number of carbonyl (C=O) groups is 4. The second-order valence-electron chi connectivity index (χ2n) is 6.59. The summed E-state index contributed by atoms with van der Waals surface area (Å²) in [6.45, 7) is 0. The van der Waals surface area contributed by atoms with Crippen molar-refractivity contribution in [3.8, 4) is 0 Å². The average Bonchev–Trinajstić information content (AvgIpc) is 2.85. The summed E-state index contributed by atoms with van der Waals surface area (Å²) in [5.74, 6) is -2.79. The summed E-state index contributed by atoms with van der Waals surface area (Å²) in [5, 5.41) is 5.06. The summed E-state index contributed by atoms with van der Waals surface area (Å²) in [6.07, 6.45) is 0. The van der Waals surface area contributed by atoms with Crippen LogP contribution in [0, 0.1) is 0 Å². The Kier molecular flexibility index (Phi) is 10.6. The van der Waals surface area contributed by atoms with Gasteiger partial charge in [-0.3, -0.25) is 9.59 Å². The van der Waals surface area contributed by atoms with Gasteiger partial charge in [-0.1, -0.05) is 47.2 Å². The van der Waals surface area contributed by atoms with Crippen LogP contribution in [0.2, 0.25) is 0 Å². The van der Waals surface area contributed by atoms with Crippen molar-refractivity contribution in [1.29, 1.82) is 0 Å². The van der Waals surface area contributed by atoms with Crippen molar-refractivity contribution < 1.29 is 32.9 Å². The smallest absolute Gasteiger partial charge is 0.329 e. The van der Waals surface area contributed by atoms with Gasteiger partial charge in [-0.2, -0.15) is 0 Å². The molecule has 0 bridgehead atoms. The molecule has 1 unspecified atom stereocenters. The Hall–Kier alpha value is -3.18. The van der Waals surface area contributed by atoms with Gasteiger partial charge in [0.15, 0.2) is 0 Å². The molecule has 2 amide bonds. The van der Waals surface area contributed by atoms with Crippen molar-refractivity contribution in [2.45, 2.75) is 12.1 Å². The monoisotopic (exact) mass is 492 g/mol. The van der Waals surface area contributed by atoms with Crippen molar-refractivity contribution in [2.75, 3.05) is 25.7 Å². The Balaban J connectivity index is 1.98. The van der Waals surface area contributed by atoms with E-state index in [1.54, 1.807) is 60.7 Å². The summed E-state index contributed by atoms with van der Waals surface area (Å²) in [6, 6.07) is 14.3. The van der Waals surface area contributed by atoms with Crippen LogP contribution in [0.5, 0.6) is 0 Å². The molecule has 0 fully saturated rings. The van der Waals surface area contributed by atoms with Gasteiger partial charge in [0, 0.05) is 16.9 Å². The molecule has 2 rings (SSSR count). The zero-order chi connectivity index (χ0) is 24.2. The number of hydrogen-bond acceptors (Lipinski definition) is 8. The highest BCUT2D eigenvalue weighted by molar-refractivity contribution is 8.69. The van der Waals surface area contributed by atoms with E-state index in [-0.39, 0.29) is 11.5 Å². The number of amides is 2. The third kappa shape index (κ3) is 8.35. The van der Waals surface area contributed by atoms with E-state index >= 15 is 0 Å². The summed E-state index contributed by atoms with van der Waals surface area (Å²) < 4.78 is 22.0. The van der Waals surface area contributed by atoms with E-state index in [0.717, 1.165) is 17.9 Å². The number of rotatable bonds is 11. The fourth-order valence-corrected chi connectivity index (χ4v) is 5.27. The predicted octanol–water partition coefficient (Wildman–Crippen LogP) is 1.33. The molecule has 0 aromatic heterocycles. The number of benzene rings is 2. The van der Waals surface area contributed by atoms with E-state index in [2.05, 4.69) is 10.6 Å². The number of methoxy groups -OCH3 is 2. The molecule has 176 valence electrons. The van der Waals surface area contributed by atoms with Gasteiger partial charge in [0.05, 0.1) is 29.8 Å². The molecule has 0 saturated carbocycles. The van der Waals surface area contributed by atoms with E-state index in [1.807, 2.05) is 0 Å². The minimum absolute atomic E-state index is 0.0710. The molecule has 0 aliphatic heterocycles. The van der Waals surface area contributed by atoms with Gasteiger partial charge >= 0.3 is 11.9 Å². The second-order valence-corrected chi connectivity index (χ2v) is 9.92. The highest BCUT2D eigenvalue weighted by atomic mass is 33.1. The first kappa shape index (κ1) is 26.1. The molecular weight excluding hydrogens is 468 g/mol. The van der Waals surface area contributed by atoms with Gasteiger partial charge in [-0.25, -0.2) is 13.8 Å². The van der Waals surface area contributed by atoms with E-state index < -0.39 is 45.7 Å². The predicted molar refractivity (Wildman–Crippen MR) is 125 cm³/mol. The van der Waals surface area contributed by atoms with Crippen LogP contribution in [0.3, 0.4) is 0 Å². The lowest BCUT2D eigenvalue weighted by molar-refractivity contribution is -0.143. The Morgan fingerprint density at radius 2 is 1.21 bits per heavy atom. The molecule has 3 atom stereocenters. The molecule has 2 aromatic carbocycles. The minimum Gasteiger partial charge on any atom is -0.467 e. The summed E-state index contributed by atoms with van der Waals surface area (Å²) in [5.41, 5.74) is 0.686. The maximum atomic E-state index is 12.6. The van der Waals surface area contributed by atoms with Crippen LogP contribution in [-0.2, 0) is 28.9 Å². The van der Waals surface area contributed by atoms with Crippen LogP contribution in [0.25, 0.3) is 0 Å². The third-order valence-electron chi connectivity index (χ3n) is 4.32. The Morgan fingerprint density at radius 1 is 0.788 bits per heavy atom. The Bertz CT molecular complexity index is 987. The normalized spacial score (nSPS) is 13.2. The lowest BCUT2D eigenvalue weighted by Gasteiger charge is -2.18. The van der Waals surface area contributed by atoms with E-state index in [9.17, 15) is 23.4 Å². The fourth-order valence-electron chi connectivity index (χ4n) is 2.61. The van der Waals surface area contributed by atoms with Crippen LogP contribution < -0.4 is 10.6 Å². The SMILES string of the molecule is COC(=O)[C@H](CSS(=O)C[C@H](NC(=O)c1ccccc1)C(=O)OC)NC(=O)c1ccccc1. The van der Waals surface area contributed by atoms with Crippen LogP contribution in [0.1, 0.15) is 20.7 Å². The lowest BCUT2D eigenvalue weighted by atomic mass is 10.2. The van der Waals surface area contributed by atoms with Gasteiger partial charge in [-0.05, 0) is 24.3 Å². The Labute approximate surface area is 197 Å². The molecule has 0 radical (unpaired) electrons. The number of hydrogen-bond donors (Lipinski definition) is 2. The van der Waals surface area contributed by atoms with E-state index in [4.69, 9.17) is 9.47 Å². The van der Waals surface area contributed by atoms with Crippen LogP contribution in [0.15, 0.2) is 60.7 Å². The van der Waals surface area contributed by atoms with Crippen molar-refractivity contribution >= 4 is 44.4 Å². The van der Waals surface area contributed by atoms with Gasteiger partial charge in [0.25, 0.3) is 11.8 Å². The molecule has 11 heteroatoms. The zero-order valence-electron chi connectivity index (χ0n) is 18.0. The first-order valence-corrected chi connectivity index (χ1v) is 12.6. The molecule has 2 aromatic rings. The number of esters is 2. The van der Waals surface area contributed by atoms with Crippen molar-refractivity contribution in [3.63, 3.8) is 0 Å². The lowest BCUT2D eigenvalue weighted by Crippen LogP contribution is -2.45. The maximum absolute atomic E-state index is 12.6. The topological polar surface area (TPSA) is 128 Å². The van der Waals surface area contributed by atoms with E-state index in [0.29, 0.717) is 11.1 Å². The van der Waals surface area contributed by atoms with Crippen LogP contribution in [0.4, 0.5) is 0 Å². The van der Waals surface area contributed by atoms with E-state index in [1.165, 1.54) is 7.11 Å². The summed E-state index contributed by atoms with van der Waals surface area (Å²) >= 11 is 0. The first-order valence-electron chi connectivity index (χ1n) is 9.74. The van der Waals surface area contributed by atoms with Crippen molar-refractivity contribution in [2.24, 2.45) is 0 Å². The molecule has 9 nitrogen and oxygen atoms in total. The largest absolute Gasteiger partial charge is 0.467 e. The molecular formula is C22H24N2O7S2. The highest BCUT2D eigenvalue weighted by Gasteiger charge is 2.27. The number of nitrogens with one attached hydrogen (secondary N) is 2. The minimum atomic E-state index is -1.70. The van der Waals surface area contributed by atoms with Gasteiger partial charge in [0.2, 0.25) is 0 Å². The van der Waals surface area contributed by atoms with Gasteiger partial charge in [-0.15, -0.1) is 0 Å². The molecule has 0 spiro atoms. The van der Waals surface area contributed by atoms with Crippen molar-refractivity contribution in [3.05, 3.63) is 71.8 Å². The zero-order valence-corrected chi connectivity index (χ0v) is 19.6. The quantitative estimate of drug-likeness (QED) is 0.355. The number of carbonyl (C=O) groups excluding carboxylic acids is 4. The molecule has 0 saturated heterocycles. The average molecular weight is 493 g/mol. The third-order valence-corrected chi connectivity index (χ3v) is 7.27. The molecule has 0 aliphatic rings. The fraction of sp³-hybridized carbons (Fsp3) is 0.273. The Morgan fingerprint density at radius 3 is 1.67 bits per heavy atom. The highest BCUT2D eigenvalue weighted by Crippen LogP contribution is 2.13. The standard InChI is InChI=1S/C22H24N2O7S2/c1-30-21(27)17(23-19(25)15-9-5-3-6-10-15)13-32-33(29)14-18(22(28)31-2)24-20(26)16-11-7-4-8-12-16/h3-12,17-18H,13-14H2,1-2H3,(H,23,25)(H,24,26)/t17-,18-,33?/m0/s1. The maximum Gasteiger partial charge on any atom is 0.329 e. The van der Waals surface area contributed by atoms with Crippen LogP contribution >= 0.6 is 10.8 Å². The van der Waals surface area contributed by atoms with Gasteiger partial charge < -0.3 is 20.1 Å². The van der Waals surface area contributed by atoms with Crippen molar-refractivity contribution in [1.82, 2.24) is 10.6 Å². The molecule has 33 heavy (non-hydrogen) atoms.